The van der Waals surface area contributed by atoms with Crippen molar-refractivity contribution in [3.05, 3.63) is 70.3 Å². The van der Waals surface area contributed by atoms with Gasteiger partial charge in [0.05, 0.1) is 41.1 Å². The topological polar surface area (TPSA) is 142 Å². The first-order valence-electron chi connectivity index (χ1n) is 10.7. The Labute approximate surface area is 202 Å². The number of anilines is 1. The molecule has 35 heavy (non-hydrogen) atoms. The van der Waals surface area contributed by atoms with Crippen molar-refractivity contribution in [2.24, 2.45) is 0 Å². The van der Waals surface area contributed by atoms with E-state index in [1.54, 1.807) is 4.68 Å². The van der Waals surface area contributed by atoms with Crippen LogP contribution in [0, 0.1) is 5.82 Å². The van der Waals surface area contributed by atoms with Crippen LogP contribution in [0.1, 0.15) is 45.1 Å². The number of nitrogens with one attached hydrogen (secondary N) is 2. The van der Waals surface area contributed by atoms with Crippen molar-refractivity contribution >= 4 is 35.2 Å². The van der Waals surface area contributed by atoms with Gasteiger partial charge in [-0.05, 0) is 31.0 Å². The smallest absolute Gasteiger partial charge is 0.338 e. The van der Waals surface area contributed by atoms with Gasteiger partial charge < -0.3 is 20.6 Å². The maximum absolute atomic E-state index is 13.4. The molecular weight excluding hydrogens is 481 g/mol. The van der Waals surface area contributed by atoms with E-state index in [1.165, 1.54) is 35.6 Å². The summed E-state index contributed by atoms with van der Waals surface area (Å²) < 4.78 is 15.1. The molecule has 2 aliphatic rings. The molecule has 3 amide bonds. The van der Waals surface area contributed by atoms with Crippen molar-refractivity contribution in [3.63, 3.8) is 0 Å². The SMILES string of the molecule is O=C(O)c1cnc(C2(NC(=O)c3cnn4c3CN(C(=O)Nc3ccc(F)c(Cl)c3)CC4)CC2)nc1. The third-order valence-electron chi connectivity index (χ3n) is 6.00. The second kappa shape index (κ2) is 8.62. The molecule has 1 aliphatic carbocycles. The van der Waals surface area contributed by atoms with E-state index >= 15 is 0 Å². The number of aromatic nitrogens is 4. The Morgan fingerprint density at radius 3 is 2.51 bits per heavy atom. The largest absolute Gasteiger partial charge is 0.478 e. The van der Waals surface area contributed by atoms with Gasteiger partial charge in [-0.15, -0.1) is 0 Å². The van der Waals surface area contributed by atoms with Crippen molar-refractivity contribution in [1.29, 1.82) is 0 Å². The Kier molecular flexibility index (Phi) is 5.59. The van der Waals surface area contributed by atoms with Gasteiger partial charge in [-0.1, -0.05) is 11.6 Å². The molecule has 1 aliphatic heterocycles. The van der Waals surface area contributed by atoms with E-state index in [0.29, 0.717) is 48.7 Å². The molecule has 5 rings (SSSR count). The van der Waals surface area contributed by atoms with Crippen LogP contribution in [-0.2, 0) is 18.6 Å². The summed E-state index contributed by atoms with van der Waals surface area (Å²) in [6.07, 6.45) is 5.11. The Balaban J connectivity index is 1.29. The Hall–Kier alpha value is -4.06. The zero-order valence-corrected chi connectivity index (χ0v) is 18.9. The molecule has 180 valence electrons. The molecule has 3 heterocycles. The number of amides is 3. The molecule has 0 radical (unpaired) electrons. The average molecular weight is 500 g/mol. The molecule has 0 saturated heterocycles. The third-order valence-corrected chi connectivity index (χ3v) is 6.29. The van der Waals surface area contributed by atoms with E-state index in [-0.39, 0.29) is 23.0 Å². The Morgan fingerprint density at radius 2 is 1.86 bits per heavy atom. The average Bonchev–Trinajstić information content (AvgIpc) is 3.50. The van der Waals surface area contributed by atoms with Gasteiger partial charge in [-0.3, -0.25) is 9.48 Å². The molecule has 1 saturated carbocycles. The second-order valence-electron chi connectivity index (χ2n) is 8.35. The number of carbonyl (C=O) groups excluding carboxylic acids is 2. The molecule has 2 aromatic heterocycles. The number of halogens is 2. The van der Waals surface area contributed by atoms with Crippen LogP contribution in [0.5, 0.6) is 0 Å². The first-order chi connectivity index (χ1) is 16.8. The lowest BCUT2D eigenvalue weighted by molar-refractivity contribution is 0.0695. The zero-order chi connectivity index (χ0) is 24.7. The van der Waals surface area contributed by atoms with Gasteiger partial charge in [0.15, 0.2) is 5.82 Å². The minimum Gasteiger partial charge on any atom is -0.478 e. The Morgan fingerprint density at radius 1 is 1.11 bits per heavy atom. The van der Waals surface area contributed by atoms with Crippen LogP contribution < -0.4 is 10.6 Å². The summed E-state index contributed by atoms with van der Waals surface area (Å²) in [5.41, 5.74) is 0.432. The van der Waals surface area contributed by atoms with Gasteiger partial charge in [0.2, 0.25) is 0 Å². The fourth-order valence-corrected chi connectivity index (χ4v) is 4.07. The number of hydrogen-bond acceptors (Lipinski definition) is 6. The number of hydrogen-bond donors (Lipinski definition) is 3. The van der Waals surface area contributed by atoms with Crippen LogP contribution in [0.3, 0.4) is 0 Å². The highest BCUT2D eigenvalue weighted by molar-refractivity contribution is 6.31. The first-order valence-corrected chi connectivity index (χ1v) is 11.1. The van der Waals surface area contributed by atoms with Crippen molar-refractivity contribution < 1.29 is 23.9 Å². The van der Waals surface area contributed by atoms with Crippen LogP contribution in [0.2, 0.25) is 5.02 Å². The van der Waals surface area contributed by atoms with Crippen LogP contribution in [-0.4, -0.2) is 54.2 Å². The second-order valence-corrected chi connectivity index (χ2v) is 8.75. The molecule has 13 heteroatoms. The highest BCUT2D eigenvalue weighted by Gasteiger charge is 2.49. The van der Waals surface area contributed by atoms with Gasteiger partial charge in [0.25, 0.3) is 5.91 Å². The predicted molar refractivity (Wildman–Crippen MR) is 120 cm³/mol. The van der Waals surface area contributed by atoms with Crippen molar-refractivity contribution in [2.75, 3.05) is 11.9 Å². The lowest BCUT2D eigenvalue weighted by Crippen LogP contribution is -2.42. The normalized spacial score (nSPS) is 15.8. The zero-order valence-electron chi connectivity index (χ0n) is 18.2. The lowest BCUT2D eigenvalue weighted by atomic mass is 10.1. The minimum absolute atomic E-state index is 0.0390. The van der Waals surface area contributed by atoms with E-state index in [4.69, 9.17) is 16.7 Å². The van der Waals surface area contributed by atoms with E-state index < -0.39 is 23.4 Å². The quantitative estimate of drug-likeness (QED) is 0.489. The molecule has 0 atom stereocenters. The minimum atomic E-state index is -1.13. The molecule has 0 unspecified atom stereocenters. The van der Waals surface area contributed by atoms with Crippen LogP contribution in [0.15, 0.2) is 36.8 Å². The molecule has 3 N–H and O–H groups in total. The maximum Gasteiger partial charge on any atom is 0.338 e. The summed E-state index contributed by atoms with van der Waals surface area (Å²) in [5, 5.41) is 18.8. The molecule has 1 fully saturated rings. The van der Waals surface area contributed by atoms with Gasteiger partial charge in [0.1, 0.15) is 11.4 Å². The fourth-order valence-electron chi connectivity index (χ4n) is 3.88. The first kappa shape index (κ1) is 22.7. The number of fused-ring (bicyclic) bond motifs is 1. The summed E-state index contributed by atoms with van der Waals surface area (Å²) in [4.78, 5) is 46.7. The van der Waals surface area contributed by atoms with Crippen LogP contribution in [0.25, 0.3) is 0 Å². The maximum atomic E-state index is 13.4. The molecule has 11 nitrogen and oxygen atoms in total. The number of carboxylic acid groups (broad SMARTS) is 1. The molecular formula is C22H19ClFN7O4. The number of carboxylic acids is 1. The standard InChI is InChI=1S/C22H19ClFN7O4/c23-15-7-13(1-2-16(15)24)28-21(35)30-5-6-31-17(11-30)14(10-27-31)18(32)29-22(3-4-22)20-25-8-12(9-26-20)19(33)34/h1-2,7-10H,3-6,11H2,(H,28,35)(H,29,32)(H,33,34). The number of urea groups is 1. The van der Waals surface area contributed by atoms with Crippen molar-refractivity contribution in [3.8, 4) is 0 Å². The Bertz CT molecular complexity index is 1340. The number of benzene rings is 1. The van der Waals surface area contributed by atoms with Crippen LogP contribution >= 0.6 is 11.6 Å². The number of carbonyl (C=O) groups is 3. The number of nitrogens with zero attached hydrogens (tertiary/aromatic N) is 5. The van der Waals surface area contributed by atoms with Crippen molar-refractivity contribution in [2.45, 2.75) is 31.5 Å². The van der Waals surface area contributed by atoms with Crippen LogP contribution in [0.4, 0.5) is 14.9 Å². The summed E-state index contributed by atoms with van der Waals surface area (Å²) in [5.74, 6) is -1.76. The summed E-state index contributed by atoms with van der Waals surface area (Å²) in [6, 6.07) is 3.48. The highest BCUT2D eigenvalue weighted by atomic mass is 35.5. The van der Waals surface area contributed by atoms with Gasteiger partial charge in [-0.2, -0.15) is 5.10 Å². The van der Waals surface area contributed by atoms with E-state index in [9.17, 15) is 18.8 Å². The number of rotatable bonds is 5. The van der Waals surface area contributed by atoms with Gasteiger partial charge >= 0.3 is 12.0 Å². The summed E-state index contributed by atoms with van der Waals surface area (Å²) in [6.45, 7) is 0.898. The monoisotopic (exact) mass is 499 g/mol. The summed E-state index contributed by atoms with van der Waals surface area (Å²) in [7, 11) is 0. The third kappa shape index (κ3) is 4.39. The molecule has 0 spiro atoms. The predicted octanol–water partition coefficient (Wildman–Crippen LogP) is 2.63. The lowest BCUT2D eigenvalue weighted by Gasteiger charge is -2.28. The van der Waals surface area contributed by atoms with Gasteiger partial charge in [0, 0.05) is 24.6 Å². The highest BCUT2D eigenvalue weighted by Crippen LogP contribution is 2.44. The van der Waals surface area contributed by atoms with E-state index in [2.05, 4.69) is 25.7 Å². The molecule has 0 bridgehead atoms. The summed E-state index contributed by atoms with van der Waals surface area (Å²) >= 11 is 5.78. The fraction of sp³-hybridized carbons (Fsp3) is 0.273. The van der Waals surface area contributed by atoms with E-state index in [1.807, 2.05) is 0 Å². The molecule has 1 aromatic carbocycles. The van der Waals surface area contributed by atoms with Gasteiger partial charge in [-0.25, -0.2) is 23.9 Å². The number of aromatic carboxylic acids is 1. The van der Waals surface area contributed by atoms with E-state index in [0.717, 1.165) is 6.07 Å². The molecule has 3 aromatic rings. The van der Waals surface area contributed by atoms with Crippen molar-refractivity contribution in [1.82, 2.24) is 30.0 Å².